The van der Waals surface area contributed by atoms with Crippen molar-refractivity contribution in [2.45, 2.75) is 83.2 Å². The molecule has 5 nitrogen and oxygen atoms in total. The molecule has 1 N–H and O–H groups in total. The molecule has 0 spiro atoms. The van der Waals surface area contributed by atoms with Crippen LogP contribution in [0.15, 0.2) is 23.2 Å². The van der Waals surface area contributed by atoms with E-state index in [-0.39, 0.29) is 12.1 Å². The summed E-state index contributed by atoms with van der Waals surface area (Å²) in [6, 6.07) is 6.34. The Morgan fingerprint density at radius 2 is 1.84 bits per heavy atom. The van der Waals surface area contributed by atoms with Gasteiger partial charge in [0.25, 0.3) is 0 Å². The minimum absolute atomic E-state index is 0.0985. The largest absolute Gasteiger partial charge is 0.327 e. The van der Waals surface area contributed by atoms with Crippen LogP contribution in [-0.4, -0.2) is 49.0 Å². The van der Waals surface area contributed by atoms with E-state index < -0.39 is 0 Å². The molecule has 0 radical (unpaired) electrons. The van der Waals surface area contributed by atoms with Gasteiger partial charge >= 0.3 is 6.03 Å². The molecule has 0 unspecified atom stereocenters. The van der Waals surface area contributed by atoms with Gasteiger partial charge in [-0.05, 0) is 75.1 Å². The molecule has 0 bridgehead atoms. The lowest BCUT2D eigenvalue weighted by molar-refractivity contribution is 0.146. The summed E-state index contributed by atoms with van der Waals surface area (Å²) in [5.74, 6) is 0.891. The normalized spacial score (nSPS) is 21.9. The van der Waals surface area contributed by atoms with Crippen molar-refractivity contribution >= 4 is 29.7 Å². The molecule has 6 heteroatoms. The highest BCUT2D eigenvalue weighted by Crippen LogP contribution is 2.31. The number of likely N-dealkylation sites (tertiary alicyclic amines) is 1. The maximum absolute atomic E-state index is 13.3. The fraction of sp³-hybridized carbons (Fsp3) is 0.680. The Bertz CT molecular complexity index is 745. The number of carbonyl (C=O) groups is 1. The topological polar surface area (TPSA) is 47.9 Å². The Hall–Kier alpha value is -1.59. The fourth-order valence-corrected chi connectivity index (χ4v) is 5.53. The number of nitrogens with one attached hydrogen (secondary N) is 1. The van der Waals surface area contributed by atoms with Crippen molar-refractivity contribution in [3.63, 3.8) is 0 Å². The predicted octanol–water partition coefficient (Wildman–Crippen LogP) is 5.79. The second-order valence-electron chi connectivity index (χ2n) is 9.70. The molecule has 31 heavy (non-hydrogen) atoms. The number of piperidine rings is 1. The molecule has 1 aromatic carbocycles. The first-order valence-electron chi connectivity index (χ1n) is 12.2. The van der Waals surface area contributed by atoms with Crippen LogP contribution in [0.5, 0.6) is 0 Å². The minimum atomic E-state index is -0.0985. The Kier molecular flexibility index (Phi) is 7.89. The number of amides is 2. The Morgan fingerprint density at radius 3 is 2.48 bits per heavy atom. The smallest absolute Gasteiger partial charge is 0.303 e. The molecule has 3 aliphatic rings. The number of urea groups is 1. The lowest BCUT2D eigenvalue weighted by Gasteiger charge is -2.40. The van der Waals surface area contributed by atoms with Gasteiger partial charge in [-0.1, -0.05) is 37.3 Å². The van der Waals surface area contributed by atoms with Gasteiger partial charge in [0.05, 0.1) is 12.4 Å². The zero-order valence-corrected chi connectivity index (χ0v) is 19.6. The summed E-state index contributed by atoms with van der Waals surface area (Å²) >= 11 is 6.35. The third kappa shape index (κ3) is 6.23. The number of hydrogen-bond acceptors (Lipinski definition) is 3. The van der Waals surface area contributed by atoms with Crippen LogP contribution in [0.3, 0.4) is 0 Å². The summed E-state index contributed by atoms with van der Waals surface area (Å²) in [6.07, 6.45) is 13.8. The molecule has 2 saturated carbocycles. The molecule has 1 saturated heterocycles. The quantitative estimate of drug-likeness (QED) is 0.445. The van der Waals surface area contributed by atoms with Crippen molar-refractivity contribution in [2.75, 3.05) is 24.5 Å². The van der Waals surface area contributed by atoms with E-state index in [1.54, 1.807) is 6.34 Å². The average Bonchev–Trinajstić information content (AvgIpc) is 2.72. The summed E-state index contributed by atoms with van der Waals surface area (Å²) in [5.41, 5.74) is 1.95. The molecule has 1 aliphatic heterocycles. The molecule has 0 atom stereocenters. The summed E-state index contributed by atoms with van der Waals surface area (Å²) in [4.78, 5) is 22.4. The molecular weight excluding hydrogens is 408 g/mol. The zero-order chi connectivity index (χ0) is 21.6. The number of aryl methyl sites for hydroxylation is 1. The molecule has 1 aromatic rings. The zero-order valence-electron chi connectivity index (χ0n) is 18.9. The molecule has 3 fully saturated rings. The number of anilines is 1. The molecule has 170 valence electrons. The highest BCUT2D eigenvalue weighted by molar-refractivity contribution is 6.31. The van der Waals surface area contributed by atoms with Gasteiger partial charge in [0, 0.05) is 36.4 Å². The third-order valence-corrected chi connectivity index (χ3v) is 7.45. The first-order valence-corrected chi connectivity index (χ1v) is 12.6. The highest BCUT2D eigenvalue weighted by Gasteiger charge is 2.31. The number of benzene rings is 1. The Labute approximate surface area is 192 Å². The third-order valence-electron chi connectivity index (χ3n) is 7.24. The number of nitrogens with zero attached hydrogens (tertiary/aromatic N) is 3. The van der Waals surface area contributed by atoms with Crippen molar-refractivity contribution in [1.29, 1.82) is 0 Å². The molecule has 2 aliphatic carbocycles. The van der Waals surface area contributed by atoms with Crippen molar-refractivity contribution in [3.05, 3.63) is 28.8 Å². The van der Waals surface area contributed by atoms with E-state index in [9.17, 15) is 4.79 Å². The lowest BCUT2D eigenvalue weighted by Crippen LogP contribution is -2.51. The monoisotopic (exact) mass is 444 g/mol. The van der Waals surface area contributed by atoms with Crippen LogP contribution in [0.1, 0.15) is 69.8 Å². The van der Waals surface area contributed by atoms with E-state index in [4.69, 9.17) is 11.6 Å². The maximum atomic E-state index is 13.3. The summed E-state index contributed by atoms with van der Waals surface area (Å²) in [7, 11) is 0. The molecule has 1 heterocycles. The molecular formula is C25H37ClN4O. The number of hydrogen-bond donors (Lipinski definition) is 1. The van der Waals surface area contributed by atoms with Crippen LogP contribution in [-0.2, 0) is 0 Å². The fourth-order valence-electron chi connectivity index (χ4n) is 5.25. The standard InChI is InChI=1S/C25H37ClN4O/c1-19-14-21(26)16-24(15-19)30(25(31)28-18-27-22-8-3-2-4-9-22)23-10-12-29(13-11-23)17-20-6-5-7-20/h14-16,18,20,22-23H,2-13,17H2,1H3,(H,27,28,31). The maximum Gasteiger partial charge on any atom is 0.327 e. The second kappa shape index (κ2) is 10.8. The summed E-state index contributed by atoms with van der Waals surface area (Å²) < 4.78 is 0. The first kappa shape index (κ1) is 22.6. The molecule has 2 amide bonds. The van der Waals surface area contributed by atoms with Gasteiger partial charge in [-0.15, -0.1) is 0 Å². The van der Waals surface area contributed by atoms with Crippen molar-refractivity contribution in [2.24, 2.45) is 10.9 Å². The minimum Gasteiger partial charge on any atom is -0.303 e. The first-order chi connectivity index (χ1) is 15.1. The van der Waals surface area contributed by atoms with E-state index in [0.29, 0.717) is 11.1 Å². The number of carbonyl (C=O) groups excluding carboxylic acids is 1. The van der Waals surface area contributed by atoms with Crippen LogP contribution >= 0.6 is 11.6 Å². The Balaban J connectivity index is 1.42. The van der Waals surface area contributed by atoms with E-state index in [0.717, 1.165) is 55.9 Å². The van der Waals surface area contributed by atoms with Gasteiger partial charge in [-0.25, -0.2) is 4.79 Å². The summed E-state index contributed by atoms with van der Waals surface area (Å²) in [6.45, 7) is 5.36. The van der Waals surface area contributed by atoms with Crippen molar-refractivity contribution in [1.82, 2.24) is 10.2 Å². The van der Waals surface area contributed by atoms with Gasteiger partial charge in [0.15, 0.2) is 0 Å². The SMILES string of the molecule is Cc1cc(Cl)cc(N(C(=O)NC=NC2CCCCC2)C2CCN(CC3CCC3)CC2)c1. The van der Waals surface area contributed by atoms with E-state index in [1.807, 2.05) is 24.0 Å². The van der Waals surface area contributed by atoms with Crippen molar-refractivity contribution in [3.8, 4) is 0 Å². The highest BCUT2D eigenvalue weighted by atomic mass is 35.5. The van der Waals surface area contributed by atoms with Gasteiger partial charge in [0.2, 0.25) is 0 Å². The lowest BCUT2D eigenvalue weighted by atomic mass is 9.84. The van der Waals surface area contributed by atoms with Crippen LogP contribution in [0.2, 0.25) is 5.02 Å². The summed E-state index contributed by atoms with van der Waals surface area (Å²) in [5, 5.41) is 3.64. The molecule has 4 rings (SSSR count). The predicted molar refractivity (Wildman–Crippen MR) is 129 cm³/mol. The van der Waals surface area contributed by atoms with Gasteiger partial charge in [-0.3, -0.25) is 15.2 Å². The second-order valence-corrected chi connectivity index (χ2v) is 10.1. The van der Waals surface area contributed by atoms with E-state index in [2.05, 4.69) is 21.3 Å². The van der Waals surface area contributed by atoms with E-state index >= 15 is 0 Å². The number of aliphatic imine (C=N–C) groups is 1. The van der Waals surface area contributed by atoms with Crippen LogP contribution < -0.4 is 10.2 Å². The van der Waals surface area contributed by atoms with E-state index in [1.165, 1.54) is 45.1 Å². The molecule has 0 aromatic heterocycles. The van der Waals surface area contributed by atoms with Crippen molar-refractivity contribution < 1.29 is 4.79 Å². The van der Waals surface area contributed by atoms with Gasteiger partial charge in [0.1, 0.15) is 0 Å². The van der Waals surface area contributed by atoms with Gasteiger partial charge < -0.3 is 4.90 Å². The Morgan fingerprint density at radius 1 is 1.10 bits per heavy atom. The van der Waals surface area contributed by atoms with Crippen LogP contribution in [0.4, 0.5) is 10.5 Å². The average molecular weight is 445 g/mol. The number of rotatable bonds is 6. The number of halogens is 1. The van der Waals surface area contributed by atoms with Gasteiger partial charge in [-0.2, -0.15) is 0 Å². The van der Waals surface area contributed by atoms with Crippen LogP contribution in [0, 0.1) is 12.8 Å². The van der Waals surface area contributed by atoms with Crippen LogP contribution in [0.25, 0.3) is 0 Å².